The van der Waals surface area contributed by atoms with Crippen molar-refractivity contribution >= 4 is 21.4 Å². The van der Waals surface area contributed by atoms with Crippen LogP contribution in [0.2, 0.25) is 0 Å². The van der Waals surface area contributed by atoms with Crippen molar-refractivity contribution in [3.63, 3.8) is 0 Å². The van der Waals surface area contributed by atoms with Gasteiger partial charge in [-0.05, 0) is 37.7 Å². The number of aryl methyl sites for hydroxylation is 1. The Labute approximate surface area is 132 Å². The van der Waals surface area contributed by atoms with Crippen LogP contribution in [0.3, 0.4) is 0 Å². The Morgan fingerprint density at radius 2 is 2.05 bits per heavy atom. The van der Waals surface area contributed by atoms with E-state index >= 15 is 0 Å². The lowest BCUT2D eigenvalue weighted by Crippen LogP contribution is -2.30. The Bertz CT molecular complexity index is 587. The van der Waals surface area contributed by atoms with E-state index in [1.807, 2.05) is 13.0 Å². The summed E-state index contributed by atoms with van der Waals surface area (Å²) in [6.45, 7) is 9.47. The van der Waals surface area contributed by atoms with Crippen molar-refractivity contribution in [3.8, 4) is 0 Å². The van der Waals surface area contributed by atoms with Gasteiger partial charge in [0.1, 0.15) is 0 Å². The van der Waals surface area contributed by atoms with Gasteiger partial charge in [-0.15, -0.1) is 11.3 Å². The van der Waals surface area contributed by atoms with E-state index in [1.165, 1.54) is 0 Å². The first-order chi connectivity index (χ1) is 9.78. The highest BCUT2D eigenvalue weighted by Gasteiger charge is 2.41. The molecule has 4 nitrogen and oxygen atoms in total. The second-order valence-corrected chi connectivity index (χ2v) is 9.42. The molecular formula is C15H26N2O2S2. The van der Waals surface area contributed by atoms with Crippen LogP contribution in [0.1, 0.15) is 49.8 Å². The van der Waals surface area contributed by atoms with Crippen molar-refractivity contribution in [1.29, 1.82) is 0 Å². The lowest BCUT2D eigenvalue weighted by molar-refractivity contribution is 0.475. The maximum absolute atomic E-state index is 12.5. The molecule has 0 aliphatic heterocycles. The summed E-state index contributed by atoms with van der Waals surface area (Å²) in [5, 5.41) is 3.32. The van der Waals surface area contributed by atoms with Gasteiger partial charge in [0.2, 0.25) is 10.0 Å². The fourth-order valence-corrected chi connectivity index (χ4v) is 5.08. The average Bonchev–Trinajstić information content (AvgIpc) is 3.10. The Hall–Kier alpha value is -0.430. The zero-order chi connectivity index (χ0) is 15.7. The minimum atomic E-state index is -3.38. The van der Waals surface area contributed by atoms with Crippen molar-refractivity contribution in [2.75, 3.05) is 6.54 Å². The van der Waals surface area contributed by atoms with Crippen LogP contribution < -0.4 is 10.0 Å². The second kappa shape index (κ2) is 6.36. The summed E-state index contributed by atoms with van der Waals surface area (Å²) >= 11 is 1.56. The predicted octanol–water partition coefficient (Wildman–Crippen LogP) is 3.02. The van der Waals surface area contributed by atoms with E-state index in [0.29, 0.717) is 17.5 Å². The molecule has 0 aromatic carbocycles. The van der Waals surface area contributed by atoms with E-state index in [1.54, 1.807) is 11.3 Å². The van der Waals surface area contributed by atoms with Gasteiger partial charge in [0.15, 0.2) is 0 Å². The van der Waals surface area contributed by atoms with Crippen LogP contribution in [0.25, 0.3) is 0 Å². The molecule has 1 heterocycles. The minimum absolute atomic E-state index is 0.221. The van der Waals surface area contributed by atoms with Gasteiger partial charge in [-0.1, -0.05) is 20.8 Å². The van der Waals surface area contributed by atoms with E-state index in [9.17, 15) is 8.42 Å². The highest BCUT2D eigenvalue weighted by atomic mass is 32.2. The topological polar surface area (TPSA) is 58.2 Å². The molecule has 1 aromatic heterocycles. The van der Waals surface area contributed by atoms with Gasteiger partial charge in [0.25, 0.3) is 0 Å². The van der Waals surface area contributed by atoms with Crippen LogP contribution >= 0.6 is 11.3 Å². The van der Waals surface area contributed by atoms with Gasteiger partial charge in [0, 0.05) is 28.9 Å². The third-order valence-corrected chi connectivity index (χ3v) is 6.95. The molecule has 0 unspecified atom stereocenters. The fraction of sp³-hybridized carbons (Fsp3) is 0.733. The monoisotopic (exact) mass is 330 g/mol. The van der Waals surface area contributed by atoms with Gasteiger partial charge >= 0.3 is 0 Å². The first kappa shape index (κ1) is 16.9. The van der Waals surface area contributed by atoms with Crippen molar-refractivity contribution in [3.05, 3.63) is 15.8 Å². The Morgan fingerprint density at radius 3 is 2.57 bits per heavy atom. The quantitative estimate of drug-likeness (QED) is 0.770. The summed E-state index contributed by atoms with van der Waals surface area (Å²) < 4.78 is 27.7. The number of thiophene rings is 1. The molecule has 120 valence electrons. The maximum atomic E-state index is 12.5. The molecule has 6 heteroatoms. The van der Waals surface area contributed by atoms with E-state index in [-0.39, 0.29) is 5.41 Å². The zero-order valence-electron chi connectivity index (χ0n) is 13.3. The molecule has 0 radical (unpaired) electrons. The van der Waals surface area contributed by atoms with Gasteiger partial charge < -0.3 is 5.32 Å². The number of sulfonamides is 1. The van der Waals surface area contributed by atoms with Crippen LogP contribution in [0.15, 0.2) is 11.0 Å². The third kappa shape index (κ3) is 4.28. The fourth-order valence-electron chi connectivity index (χ4n) is 2.34. The molecule has 2 N–H and O–H groups in total. The number of nitrogens with one attached hydrogen (secondary N) is 2. The molecule has 0 atom stereocenters. The molecule has 1 fully saturated rings. The first-order valence-corrected chi connectivity index (χ1v) is 9.90. The number of rotatable bonds is 8. The molecule has 0 amide bonds. The molecule has 0 spiro atoms. The van der Waals surface area contributed by atoms with Crippen molar-refractivity contribution < 1.29 is 8.42 Å². The Balaban J connectivity index is 2.05. The molecule has 21 heavy (non-hydrogen) atoms. The zero-order valence-corrected chi connectivity index (χ0v) is 15.0. The van der Waals surface area contributed by atoms with Crippen LogP contribution in [0.4, 0.5) is 0 Å². The SMILES string of the molecule is CCC1(CNS(=O)(=O)c2cc(CNC(C)C)sc2C)CC1. The van der Waals surface area contributed by atoms with Crippen molar-refractivity contribution in [2.24, 2.45) is 5.41 Å². The minimum Gasteiger partial charge on any atom is -0.310 e. The molecule has 1 aliphatic carbocycles. The Kier molecular flexibility index (Phi) is 5.13. The van der Waals surface area contributed by atoms with Crippen LogP contribution in [-0.4, -0.2) is 21.0 Å². The van der Waals surface area contributed by atoms with E-state index < -0.39 is 10.0 Å². The summed E-state index contributed by atoms with van der Waals surface area (Å²) in [5.41, 5.74) is 0.221. The summed E-state index contributed by atoms with van der Waals surface area (Å²) in [6, 6.07) is 2.20. The molecular weight excluding hydrogens is 304 g/mol. The van der Waals surface area contributed by atoms with Crippen LogP contribution in [-0.2, 0) is 16.6 Å². The molecule has 1 aromatic rings. The normalized spacial score (nSPS) is 17.4. The van der Waals surface area contributed by atoms with Gasteiger partial charge in [-0.3, -0.25) is 0 Å². The third-order valence-electron chi connectivity index (χ3n) is 4.24. The van der Waals surface area contributed by atoms with Gasteiger partial charge in [0.05, 0.1) is 4.90 Å². The van der Waals surface area contributed by atoms with Crippen molar-refractivity contribution in [1.82, 2.24) is 10.0 Å². The van der Waals surface area contributed by atoms with Gasteiger partial charge in [-0.25, -0.2) is 13.1 Å². The first-order valence-electron chi connectivity index (χ1n) is 7.60. The average molecular weight is 331 g/mol. The highest BCUT2D eigenvalue weighted by Crippen LogP contribution is 2.48. The van der Waals surface area contributed by atoms with Gasteiger partial charge in [-0.2, -0.15) is 0 Å². The highest BCUT2D eigenvalue weighted by molar-refractivity contribution is 7.89. The maximum Gasteiger partial charge on any atom is 0.241 e. The predicted molar refractivity (Wildman–Crippen MR) is 88.2 cm³/mol. The number of hydrogen-bond donors (Lipinski definition) is 2. The summed E-state index contributed by atoms with van der Waals surface area (Å²) in [4.78, 5) is 2.38. The molecule has 1 saturated carbocycles. The summed E-state index contributed by atoms with van der Waals surface area (Å²) in [6.07, 6.45) is 3.32. The van der Waals surface area contributed by atoms with E-state index in [2.05, 4.69) is 30.8 Å². The lowest BCUT2D eigenvalue weighted by Gasteiger charge is -2.13. The molecule has 2 rings (SSSR count). The second-order valence-electron chi connectivity index (χ2n) is 6.35. The van der Waals surface area contributed by atoms with Crippen LogP contribution in [0, 0.1) is 12.3 Å². The summed E-state index contributed by atoms with van der Waals surface area (Å²) in [7, 11) is -3.38. The molecule has 0 saturated heterocycles. The Morgan fingerprint density at radius 1 is 1.38 bits per heavy atom. The van der Waals surface area contributed by atoms with E-state index in [4.69, 9.17) is 0 Å². The summed E-state index contributed by atoms with van der Waals surface area (Å²) in [5.74, 6) is 0. The standard InChI is InChI=1S/C15H26N2O2S2/c1-5-15(6-7-15)10-17-21(18,19)14-8-13(20-12(14)4)9-16-11(2)3/h8,11,16-17H,5-7,9-10H2,1-4H3. The van der Waals surface area contributed by atoms with Crippen molar-refractivity contribution in [2.45, 2.75) is 64.4 Å². The molecule has 0 bridgehead atoms. The smallest absolute Gasteiger partial charge is 0.241 e. The molecule has 1 aliphatic rings. The van der Waals surface area contributed by atoms with Crippen LogP contribution in [0.5, 0.6) is 0 Å². The lowest BCUT2D eigenvalue weighted by atomic mass is 10.1. The largest absolute Gasteiger partial charge is 0.310 e. The number of hydrogen-bond acceptors (Lipinski definition) is 4. The van der Waals surface area contributed by atoms with E-state index in [0.717, 1.165) is 35.6 Å².